The number of esters is 1. The molecular weight excluding hydrogens is 277 g/mol. The van der Waals surface area contributed by atoms with E-state index in [4.69, 9.17) is 4.42 Å². The van der Waals surface area contributed by atoms with E-state index in [1.54, 1.807) is 0 Å². The van der Waals surface area contributed by atoms with Crippen molar-refractivity contribution in [1.82, 2.24) is 0 Å². The summed E-state index contributed by atoms with van der Waals surface area (Å²) in [5, 5.41) is -0.369. The fourth-order valence-electron chi connectivity index (χ4n) is 1.65. The number of benzene rings is 1. The first-order chi connectivity index (χ1) is 9.37. The van der Waals surface area contributed by atoms with E-state index in [9.17, 15) is 22.8 Å². The molecule has 0 aliphatic rings. The van der Waals surface area contributed by atoms with Crippen molar-refractivity contribution in [3.8, 4) is 0 Å². The smallest absolute Gasteiger partial charge is 0.382 e. The molecule has 0 radical (unpaired) electrons. The second-order valence-corrected chi connectivity index (χ2v) is 3.91. The highest BCUT2D eigenvalue weighted by Crippen LogP contribution is 2.28. The second kappa shape index (κ2) is 4.99. The van der Waals surface area contributed by atoms with Crippen LogP contribution in [0.15, 0.2) is 33.7 Å². The van der Waals surface area contributed by atoms with Crippen LogP contribution in [0.5, 0.6) is 0 Å². The molecule has 0 saturated carbocycles. The van der Waals surface area contributed by atoms with Crippen molar-refractivity contribution in [3.05, 3.63) is 46.1 Å². The number of fused-ring (bicyclic) bond motifs is 1. The van der Waals surface area contributed by atoms with Crippen LogP contribution in [0.2, 0.25) is 0 Å². The minimum Gasteiger partial charge on any atom is -0.464 e. The zero-order valence-electron chi connectivity index (χ0n) is 10.3. The number of carbonyl (C=O) groups is 1. The maximum absolute atomic E-state index is 13.8. The summed E-state index contributed by atoms with van der Waals surface area (Å²) in [5.74, 6) is -6.79. The van der Waals surface area contributed by atoms with Gasteiger partial charge in [-0.2, -0.15) is 8.78 Å². The molecule has 7 heteroatoms. The predicted octanol–water partition coefficient (Wildman–Crippen LogP) is 2.59. The SMILES string of the molecule is CCOC(=O)C(F)(F)c1coc2ccc(F)cc2c1=O. The first-order valence-electron chi connectivity index (χ1n) is 5.64. The third kappa shape index (κ3) is 2.26. The summed E-state index contributed by atoms with van der Waals surface area (Å²) in [6, 6.07) is 2.93. The normalized spacial score (nSPS) is 11.6. The highest BCUT2D eigenvalue weighted by molar-refractivity contribution is 5.82. The van der Waals surface area contributed by atoms with Crippen LogP contribution in [-0.2, 0) is 15.5 Å². The van der Waals surface area contributed by atoms with Gasteiger partial charge in [0.25, 0.3) is 0 Å². The van der Waals surface area contributed by atoms with E-state index in [1.165, 1.54) is 6.92 Å². The molecule has 0 N–H and O–H groups in total. The molecule has 0 saturated heterocycles. The lowest BCUT2D eigenvalue weighted by Crippen LogP contribution is -2.33. The lowest BCUT2D eigenvalue weighted by atomic mass is 10.1. The number of hydrogen-bond donors (Lipinski definition) is 0. The largest absolute Gasteiger partial charge is 0.464 e. The number of rotatable bonds is 3. The van der Waals surface area contributed by atoms with Crippen molar-refractivity contribution in [2.45, 2.75) is 12.8 Å². The molecule has 2 aromatic rings. The van der Waals surface area contributed by atoms with Gasteiger partial charge in [0, 0.05) is 0 Å². The van der Waals surface area contributed by atoms with Crippen molar-refractivity contribution in [1.29, 1.82) is 0 Å². The summed E-state index contributed by atoms with van der Waals surface area (Å²) in [5.41, 5.74) is -2.42. The molecule has 0 unspecified atom stereocenters. The topological polar surface area (TPSA) is 56.5 Å². The van der Waals surface area contributed by atoms with Crippen LogP contribution >= 0.6 is 0 Å². The lowest BCUT2D eigenvalue weighted by Gasteiger charge is -2.13. The number of hydrogen-bond acceptors (Lipinski definition) is 4. The zero-order chi connectivity index (χ0) is 14.9. The second-order valence-electron chi connectivity index (χ2n) is 3.91. The first kappa shape index (κ1) is 14.1. The lowest BCUT2D eigenvalue weighted by molar-refractivity contribution is -0.173. The van der Waals surface area contributed by atoms with Crippen LogP contribution in [0.4, 0.5) is 13.2 Å². The minimum atomic E-state index is -4.16. The molecule has 1 aromatic heterocycles. The summed E-state index contributed by atoms with van der Waals surface area (Å²) in [6.45, 7) is 1.09. The molecule has 0 amide bonds. The maximum atomic E-state index is 13.8. The fraction of sp³-hybridized carbons (Fsp3) is 0.231. The van der Waals surface area contributed by atoms with Gasteiger partial charge in [-0.05, 0) is 25.1 Å². The molecule has 4 nitrogen and oxygen atoms in total. The van der Waals surface area contributed by atoms with Gasteiger partial charge in [0.15, 0.2) is 0 Å². The Bertz CT molecular complexity index is 721. The summed E-state index contributed by atoms with van der Waals surface area (Å²) >= 11 is 0. The number of alkyl halides is 2. The van der Waals surface area contributed by atoms with E-state index in [1.807, 2.05) is 0 Å². The van der Waals surface area contributed by atoms with Crippen molar-refractivity contribution in [3.63, 3.8) is 0 Å². The minimum absolute atomic E-state index is 0.0557. The van der Waals surface area contributed by atoms with E-state index in [0.717, 1.165) is 18.2 Å². The van der Waals surface area contributed by atoms with Crippen molar-refractivity contribution in [2.24, 2.45) is 0 Å². The summed E-state index contributed by atoms with van der Waals surface area (Å²) in [4.78, 5) is 23.1. The van der Waals surface area contributed by atoms with Gasteiger partial charge in [-0.3, -0.25) is 4.79 Å². The Hall–Kier alpha value is -2.31. The van der Waals surface area contributed by atoms with E-state index in [2.05, 4.69) is 4.74 Å². The summed E-state index contributed by atoms with van der Waals surface area (Å²) in [6.07, 6.45) is 0.486. The van der Waals surface area contributed by atoms with E-state index in [-0.39, 0.29) is 17.6 Å². The Labute approximate surface area is 110 Å². The molecule has 20 heavy (non-hydrogen) atoms. The molecule has 106 valence electrons. The van der Waals surface area contributed by atoms with Gasteiger partial charge in [0.1, 0.15) is 23.2 Å². The van der Waals surface area contributed by atoms with Crippen LogP contribution in [0.1, 0.15) is 12.5 Å². The quantitative estimate of drug-likeness (QED) is 0.814. The third-order valence-electron chi connectivity index (χ3n) is 2.60. The molecule has 0 spiro atoms. The van der Waals surface area contributed by atoms with Crippen molar-refractivity contribution in [2.75, 3.05) is 6.61 Å². The standard InChI is InChI=1S/C13H9F3O4/c1-2-19-12(18)13(15,16)9-6-20-10-4-3-7(14)5-8(10)11(9)17/h3-6H,2H2,1H3. The molecular formula is C13H9F3O4. The van der Waals surface area contributed by atoms with Gasteiger partial charge in [-0.25, -0.2) is 9.18 Å². The molecule has 0 aliphatic carbocycles. The van der Waals surface area contributed by atoms with Gasteiger partial charge in [0.05, 0.1) is 12.0 Å². The Morgan fingerprint density at radius 3 is 2.75 bits per heavy atom. The summed E-state index contributed by atoms with van der Waals surface area (Å²) in [7, 11) is 0. The Morgan fingerprint density at radius 1 is 1.40 bits per heavy atom. The van der Waals surface area contributed by atoms with E-state index < -0.39 is 28.7 Å². The Kier molecular flexibility index (Phi) is 3.52. The van der Waals surface area contributed by atoms with Crippen LogP contribution < -0.4 is 5.43 Å². The van der Waals surface area contributed by atoms with Crippen molar-refractivity contribution < 1.29 is 27.1 Å². The zero-order valence-corrected chi connectivity index (χ0v) is 10.3. The van der Waals surface area contributed by atoms with Crippen molar-refractivity contribution >= 4 is 16.9 Å². The number of carbonyl (C=O) groups excluding carboxylic acids is 1. The molecule has 0 bridgehead atoms. The third-order valence-corrected chi connectivity index (χ3v) is 2.60. The molecule has 0 aliphatic heterocycles. The molecule has 2 rings (SSSR count). The maximum Gasteiger partial charge on any atom is 0.382 e. The highest BCUT2D eigenvalue weighted by Gasteiger charge is 2.45. The van der Waals surface area contributed by atoms with Crippen LogP contribution in [-0.4, -0.2) is 12.6 Å². The average molecular weight is 286 g/mol. The number of ether oxygens (including phenoxy) is 1. The Balaban J connectivity index is 2.64. The van der Waals surface area contributed by atoms with Crippen LogP contribution in [0, 0.1) is 5.82 Å². The van der Waals surface area contributed by atoms with E-state index >= 15 is 0 Å². The Morgan fingerprint density at radius 2 is 2.10 bits per heavy atom. The van der Waals surface area contributed by atoms with Gasteiger partial charge < -0.3 is 9.15 Å². The molecule has 1 heterocycles. The van der Waals surface area contributed by atoms with Gasteiger partial charge in [-0.1, -0.05) is 0 Å². The summed E-state index contributed by atoms with van der Waals surface area (Å²) < 4.78 is 49.7. The molecule has 0 fully saturated rings. The molecule has 1 aromatic carbocycles. The van der Waals surface area contributed by atoms with E-state index in [0.29, 0.717) is 6.26 Å². The van der Waals surface area contributed by atoms with Gasteiger partial charge in [0.2, 0.25) is 5.43 Å². The van der Waals surface area contributed by atoms with Crippen LogP contribution in [0.25, 0.3) is 11.0 Å². The highest BCUT2D eigenvalue weighted by atomic mass is 19.3. The number of halogens is 3. The van der Waals surface area contributed by atoms with Gasteiger partial charge in [-0.15, -0.1) is 0 Å². The predicted molar refractivity (Wildman–Crippen MR) is 63.0 cm³/mol. The monoisotopic (exact) mass is 286 g/mol. The van der Waals surface area contributed by atoms with Gasteiger partial charge >= 0.3 is 11.9 Å². The molecule has 0 atom stereocenters. The fourth-order valence-corrected chi connectivity index (χ4v) is 1.65. The first-order valence-corrected chi connectivity index (χ1v) is 5.64. The van der Waals surface area contributed by atoms with Crippen LogP contribution in [0.3, 0.4) is 0 Å². The average Bonchev–Trinajstić information content (AvgIpc) is 2.39.